The van der Waals surface area contributed by atoms with Gasteiger partial charge < -0.3 is 19.4 Å². The predicted octanol–water partition coefficient (Wildman–Crippen LogP) is 3.23. The fourth-order valence-electron chi connectivity index (χ4n) is 4.30. The zero-order chi connectivity index (χ0) is 21.9. The molecule has 5 rings (SSSR count). The van der Waals surface area contributed by atoms with Crippen molar-refractivity contribution < 1.29 is 9.53 Å². The number of amides is 1. The Labute approximate surface area is 188 Å². The minimum Gasteiger partial charge on any atom is -0.489 e. The molecule has 0 N–H and O–H groups in total. The Balaban J connectivity index is 1.32. The zero-order valence-electron chi connectivity index (χ0n) is 18.2. The second-order valence-electron chi connectivity index (χ2n) is 8.28. The van der Waals surface area contributed by atoms with Crippen molar-refractivity contribution in [2.75, 3.05) is 42.6 Å². The number of benzene rings is 2. The summed E-state index contributed by atoms with van der Waals surface area (Å²) in [6, 6.07) is 18.2. The van der Waals surface area contributed by atoms with Gasteiger partial charge in [-0.1, -0.05) is 30.3 Å². The van der Waals surface area contributed by atoms with Crippen LogP contribution in [0, 0.1) is 0 Å². The number of carbonyl (C=O) groups is 1. The van der Waals surface area contributed by atoms with Crippen molar-refractivity contribution in [1.82, 2.24) is 14.9 Å². The average molecular weight is 430 g/mol. The van der Waals surface area contributed by atoms with Crippen LogP contribution in [0.3, 0.4) is 0 Å². The molecule has 0 bridgehead atoms. The number of piperazine rings is 1. The lowest BCUT2D eigenvalue weighted by Gasteiger charge is -2.38. The molecule has 164 valence electrons. The summed E-state index contributed by atoms with van der Waals surface area (Å²) in [5.74, 6) is 1.61. The molecule has 32 heavy (non-hydrogen) atoms. The van der Waals surface area contributed by atoms with E-state index in [4.69, 9.17) is 4.74 Å². The highest BCUT2D eigenvalue weighted by Crippen LogP contribution is 2.36. The van der Waals surface area contributed by atoms with Crippen LogP contribution in [0.4, 0.5) is 11.6 Å². The first-order chi connectivity index (χ1) is 15.7. The molecule has 2 aliphatic rings. The van der Waals surface area contributed by atoms with Crippen LogP contribution in [-0.2, 0) is 6.54 Å². The molecule has 0 radical (unpaired) electrons. The van der Waals surface area contributed by atoms with Gasteiger partial charge in [-0.05, 0) is 36.8 Å². The second-order valence-corrected chi connectivity index (χ2v) is 8.28. The molecule has 0 aliphatic carbocycles. The third-order valence-corrected chi connectivity index (χ3v) is 6.13. The molecule has 7 nitrogen and oxygen atoms in total. The summed E-state index contributed by atoms with van der Waals surface area (Å²) in [5.41, 5.74) is 2.92. The average Bonchev–Trinajstić information content (AvgIpc) is 2.86. The molecule has 1 amide bonds. The summed E-state index contributed by atoms with van der Waals surface area (Å²) < 4.78 is 5.96. The maximum Gasteiger partial charge on any atom is 0.254 e. The summed E-state index contributed by atoms with van der Waals surface area (Å²) in [6.45, 7) is 6.32. The van der Waals surface area contributed by atoms with Gasteiger partial charge in [-0.2, -0.15) is 0 Å². The summed E-state index contributed by atoms with van der Waals surface area (Å²) in [6.07, 6.45) is 3.49. The van der Waals surface area contributed by atoms with Crippen LogP contribution >= 0.6 is 0 Å². The third kappa shape index (κ3) is 4.10. The summed E-state index contributed by atoms with van der Waals surface area (Å²) in [5, 5.41) is 0. The Hall–Kier alpha value is -3.61. The highest BCUT2D eigenvalue weighted by molar-refractivity contribution is 5.96. The zero-order valence-corrected chi connectivity index (χ0v) is 18.2. The van der Waals surface area contributed by atoms with Crippen LogP contribution in [0.1, 0.15) is 22.8 Å². The largest absolute Gasteiger partial charge is 0.489 e. The van der Waals surface area contributed by atoms with Gasteiger partial charge in [0.15, 0.2) is 0 Å². The van der Waals surface area contributed by atoms with Crippen LogP contribution in [0.15, 0.2) is 67.0 Å². The first kappa shape index (κ1) is 20.3. The van der Waals surface area contributed by atoms with Crippen LogP contribution < -0.4 is 14.5 Å². The fourth-order valence-corrected chi connectivity index (χ4v) is 4.30. The van der Waals surface area contributed by atoms with Crippen molar-refractivity contribution in [1.29, 1.82) is 0 Å². The molecule has 1 aromatic heterocycles. The normalized spacial score (nSPS) is 18.2. The van der Waals surface area contributed by atoms with E-state index >= 15 is 0 Å². The minimum atomic E-state index is 0.0549. The lowest BCUT2D eigenvalue weighted by atomic mass is 10.1. The molecule has 2 aliphatic heterocycles. The predicted molar refractivity (Wildman–Crippen MR) is 124 cm³/mol. The first-order valence-electron chi connectivity index (χ1n) is 11.1. The Bertz CT molecular complexity index is 1070. The van der Waals surface area contributed by atoms with E-state index in [0.717, 1.165) is 37.0 Å². The lowest BCUT2D eigenvalue weighted by Crippen LogP contribution is -2.49. The number of hydrogen-bond donors (Lipinski definition) is 0. The number of anilines is 2. The van der Waals surface area contributed by atoms with Gasteiger partial charge in [0.2, 0.25) is 5.95 Å². The highest BCUT2D eigenvalue weighted by atomic mass is 16.5. The van der Waals surface area contributed by atoms with E-state index < -0.39 is 0 Å². The Morgan fingerprint density at radius 3 is 2.50 bits per heavy atom. The fraction of sp³-hybridized carbons (Fsp3) is 0.320. The van der Waals surface area contributed by atoms with Crippen LogP contribution in [0.5, 0.6) is 5.75 Å². The number of carbonyl (C=O) groups excluding carboxylic acids is 1. The summed E-state index contributed by atoms with van der Waals surface area (Å²) in [7, 11) is 0. The van der Waals surface area contributed by atoms with Gasteiger partial charge >= 0.3 is 0 Å². The van der Waals surface area contributed by atoms with Crippen molar-refractivity contribution in [3.63, 3.8) is 0 Å². The van der Waals surface area contributed by atoms with E-state index in [1.54, 1.807) is 12.4 Å². The summed E-state index contributed by atoms with van der Waals surface area (Å²) >= 11 is 0. The highest BCUT2D eigenvalue weighted by Gasteiger charge is 2.28. The Morgan fingerprint density at radius 1 is 1.00 bits per heavy atom. The molecule has 7 heteroatoms. The topological polar surface area (TPSA) is 61.8 Å². The number of ether oxygens (including phenoxy) is 1. The van der Waals surface area contributed by atoms with E-state index in [1.165, 1.54) is 5.56 Å². The quantitative estimate of drug-likeness (QED) is 0.635. The Kier molecular flexibility index (Phi) is 5.62. The van der Waals surface area contributed by atoms with Crippen molar-refractivity contribution in [2.24, 2.45) is 0 Å². The van der Waals surface area contributed by atoms with Crippen molar-refractivity contribution in [2.45, 2.75) is 19.5 Å². The SMILES string of the molecule is CC1COc2ccc(C(=O)N3CCN(c4ncccn4)CC3)cc2N1Cc1ccccc1. The molecule has 1 unspecified atom stereocenters. The number of fused-ring (bicyclic) bond motifs is 1. The Morgan fingerprint density at radius 2 is 1.75 bits per heavy atom. The van der Waals surface area contributed by atoms with E-state index in [0.29, 0.717) is 25.3 Å². The number of aromatic nitrogens is 2. The van der Waals surface area contributed by atoms with Crippen molar-refractivity contribution in [3.05, 3.63) is 78.1 Å². The van der Waals surface area contributed by atoms with Gasteiger partial charge in [-0.15, -0.1) is 0 Å². The molecular weight excluding hydrogens is 402 g/mol. The third-order valence-electron chi connectivity index (χ3n) is 6.13. The van der Waals surface area contributed by atoms with E-state index in [2.05, 4.69) is 51.0 Å². The molecule has 3 heterocycles. The molecule has 1 saturated heterocycles. The monoisotopic (exact) mass is 429 g/mol. The second kappa shape index (κ2) is 8.86. The molecule has 1 atom stereocenters. The van der Waals surface area contributed by atoms with Crippen LogP contribution in [-0.4, -0.2) is 59.6 Å². The van der Waals surface area contributed by atoms with Gasteiger partial charge in [-0.3, -0.25) is 4.79 Å². The van der Waals surface area contributed by atoms with Gasteiger partial charge in [0, 0.05) is 50.7 Å². The molecule has 1 fully saturated rings. The summed E-state index contributed by atoms with van der Waals surface area (Å²) in [4.78, 5) is 28.3. The van der Waals surface area contributed by atoms with Gasteiger partial charge in [0.1, 0.15) is 12.4 Å². The van der Waals surface area contributed by atoms with E-state index in [1.807, 2.05) is 35.2 Å². The van der Waals surface area contributed by atoms with Crippen LogP contribution in [0.2, 0.25) is 0 Å². The molecule has 3 aromatic rings. The van der Waals surface area contributed by atoms with Gasteiger partial charge in [0.25, 0.3) is 5.91 Å². The molecule has 2 aromatic carbocycles. The van der Waals surface area contributed by atoms with Crippen LogP contribution in [0.25, 0.3) is 0 Å². The first-order valence-corrected chi connectivity index (χ1v) is 11.1. The molecular formula is C25H27N5O2. The minimum absolute atomic E-state index is 0.0549. The standard InChI is InChI=1S/C25H27N5O2/c1-19-18-32-23-9-8-21(16-22(23)30(19)17-20-6-3-2-4-7-20)24(31)28-12-14-29(15-13-28)25-26-10-5-11-27-25/h2-11,16,19H,12-15,17-18H2,1H3. The number of rotatable bonds is 4. The number of hydrogen-bond acceptors (Lipinski definition) is 6. The smallest absolute Gasteiger partial charge is 0.254 e. The lowest BCUT2D eigenvalue weighted by molar-refractivity contribution is 0.0746. The van der Waals surface area contributed by atoms with Crippen molar-refractivity contribution >= 4 is 17.5 Å². The van der Waals surface area contributed by atoms with E-state index in [9.17, 15) is 4.79 Å². The molecule has 0 saturated carbocycles. The number of nitrogens with zero attached hydrogens (tertiary/aromatic N) is 5. The molecule has 0 spiro atoms. The van der Waals surface area contributed by atoms with Gasteiger partial charge in [0.05, 0.1) is 11.7 Å². The maximum atomic E-state index is 13.3. The van der Waals surface area contributed by atoms with E-state index in [-0.39, 0.29) is 11.9 Å². The van der Waals surface area contributed by atoms with Gasteiger partial charge in [-0.25, -0.2) is 9.97 Å². The van der Waals surface area contributed by atoms with Crippen molar-refractivity contribution in [3.8, 4) is 5.75 Å². The maximum absolute atomic E-state index is 13.3.